The zero-order valence-electron chi connectivity index (χ0n) is 13.3. The lowest BCUT2D eigenvalue weighted by Gasteiger charge is -2.11. The van der Waals surface area contributed by atoms with Gasteiger partial charge in [-0.1, -0.05) is 47.5 Å². The third kappa shape index (κ3) is 3.63. The Bertz CT molecular complexity index is 908. The molecule has 128 valence electrons. The van der Waals surface area contributed by atoms with Crippen LogP contribution in [0.2, 0.25) is 10.0 Å². The molecule has 0 N–H and O–H groups in total. The van der Waals surface area contributed by atoms with Gasteiger partial charge in [0, 0.05) is 21.2 Å². The van der Waals surface area contributed by atoms with Crippen LogP contribution in [0.4, 0.5) is 8.78 Å². The molecule has 0 bridgehead atoms. The van der Waals surface area contributed by atoms with E-state index in [0.717, 1.165) is 11.1 Å². The molecule has 0 aliphatic heterocycles. The molecule has 0 aliphatic carbocycles. The van der Waals surface area contributed by atoms with Gasteiger partial charge < -0.3 is 4.74 Å². The number of rotatable bonds is 4. The monoisotopic (exact) mass is 378 g/mol. The summed E-state index contributed by atoms with van der Waals surface area (Å²) < 4.78 is 33.5. The van der Waals surface area contributed by atoms with Gasteiger partial charge >= 0.3 is 0 Å². The van der Waals surface area contributed by atoms with Crippen molar-refractivity contribution < 1.29 is 13.5 Å². The molecule has 0 spiro atoms. The van der Waals surface area contributed by atoms with E-state index < -0.39 is 11.6 Å². The lowest BCUT2D eigenvalue weighted by Crippen LogP contribution is -1.98. The summed E-state index contributed by atoms with van der Waals surface area (Å²) in [6, 6.07) is 15.2. The van der Waals surface area contributed by atoms with E-state index in [9.17, 15) is 8.78 Å². The van der Waals surface area contributed by atoms with Crippen molar-refractivity contribution in [1.29, 1.82) is 0 Å². The van der Waals surface area contributed by atoms with E-state index in [-0.39, 0.29) is 17.9 Å². The van der Waals surface area contributed by atoms with Gasteiger partial charge in [-0.15, -0.1) is 0 Å². The molecule has 3 aromatic rings. The normalized spacial score (nSPS) is 10.8. The van der Waals surface area contributed by atoms with E-state index in [1.165, 1.54) is 12.1 Å². The minimum absolute atomic E-state index is 0.104. The Labute approximate surface area is 154 Å². The van der Waals surface area contributed by atoms with Crippen molar-refractivity contribution in [2.45, 2.75) is 6.92 Å². The van der Waals surface area contributed by atoms with E-state index >= 15 is 0 Å². The predicted molar refractivity (Wildman–Crippen MR) is 98.4 cm³/mol. The van der Waals surface area contributed by atoms with Gasteiger partial charge in [-0.25, -0.2) is 4.39 Å². The quantitative estimate of drug-likeness (QED) is 0.474. The van der Waals surface area contributed by atoms with Crippen molar-refractivity contribution in [2.75, 3.05) is 6.61 Å². The maximum absolute atomic E-state index is 14.4. The van der Waals surface area contributed by atoms with Crippen LogP contribution in [0, 0.1) is 11.6 Å². The highest BCUT2D eigenvalue weighted by Gasteiger charge is 2.16. The molecular weight excluding hydrogens is 365 g/mol. The van der Waals surface area contributed by atoms with Crippen LogP contribution in [-0.2, 0) is 0 Å². The first-order chi connectivity index (χ1) is 12.0. The van der Waals surface area contributed by atoms with E-state index in [4.69, 9.17) is 27.9 Å². The second kappa shape index (κ2) is 7.42. The van der Waals surface area contributed by atoms with Gasteiger partial charge in [0.05, 0.1) is 6.61 Å². The Balaban J connectivity index is 2.01. The van der Waals surface area contributed by atoms with Crippen LogP contribution in [0.3, 0.4) is 0 Å². The van der Waals surface area contributed by atoms with Crippen molar-refractivity contribution >= 4 is 23.2 Å². The van der Waals surface area contributed by atoms with Crippen molar-refractivity contribution in [1.82, 2.24) is 0 Å². The first-order valence-electron chi connectivity index (χ1n) is 7.68. The Morgan fingerprint density at radius 1 is 0.800 bits per heavy atom. The van der Waals surface area contributed by atoms with Gasteiger partial charge in [0.2, 0.25) is 5.82 Å². The van der Waals surface area contributed by atoms with Crippen LogP contribution < -0.4 is 4.74 Å². The molecule has 0 saturated heterocycles. The second-order valence-electron chi connectivity index (χ2n) is 5.37. The third-order valence-corrected chi connectivity index (χ3v) is 4.35. The lowest BCUT2D eigenvalue weighted by atomic mass is 9.99. The zero-order valence-corrected chi connectivity index (χ0v) is 14.8. The topological polar surface area (TPSA) is 9.23 Å². The van der Waals surface area contributed by atoms with Crippen molar-refractivity contribution in [3.63, 3.8) is 0 Å². The van der Waals surface area contributed by atoms with Crippen LogP contribution in [0.5, 0.6) is 5.75 Å². The van der Waals surface area contributed by atoms with Crippen LogP contribution in [0.15, 0.2) is 54.6 Å². The molecule has 0 saturated carbocycles. The van der Waals surface area contributed by atoms with Gasteiger partial charge in [0.15, 0.2) is 11.6 Å². The van der Waals surface area contributed by atoms with E-state index in [2.05, 4.69) is 0 Å². The van der Waals surface area contributed by atoms with Gasteiger partial charge in [-0.2, -0.15) is 4.39 Å². The number of hydrogen-bond donors (Lipinski definition) is 0. The Kier molecular flexibility index (Phi) is 5.26. The Morgan fingerprint density at radius 2 is 1.44 bits per heavy atom. The summed E-state index contributed by atoms with van der Waals surface area (Å²) >= 11 is 12.2. The number of halogens is 4. The molecule has 5 heteroatoms. The Morgan fingerprint density at radius 3 is 2.08 bits per heavy atom. The minimum Gasteiger partial charge on any atom is -0.491 e. The molecule has 0 radical (unpaired) electrons. The Hall–Kier alpha value is -2.10. The fraction of sp³-hybridized carbons (Fsp3) is 0.100. The van der Waals surface area contributed by atoms with E-state index in [0.29, 0.717) is 15.6 Å². The summed E-state index contributed by atoms with van der Waals surface area (Å²) in [4.78, 5) is 0. The molecule has 0 aromatic heterocycles. The fourth-order valence-electron chi connectivity index (χ4n) is 2.57. The van der Waals surface area contributed by atoms with Crippen molar-refractivity contribution in [3.05, 3.63) is 76.3 Å². The highest BCUT2D eigenvalue weighted by atomic mass is 35.5. The fourth-order valence-corrected chi connectivity index (χ4v) is 2.98. The maximum Gasteiger partial charge on any atom is 0.201 e. The largest absolute Gasteiger partial charge is 0.491 e. The summed E-state index contributed by atoms with van der Waals surface area (Å²) in [5.74, 6) is -2.06. The average molecular weight is 379 g/mol. The predicted octanol–water partition coefficient (Wildman–Crippen LogP) is 7.00. The molecule has 0 fully saturated rings. The highest BCUT2D eigenvalue weighted by molar-refractivity contribution is 6.33. The zero-order chi connectivity index (χ0) is 18.0. The summed E-state index contributed by atoms with van der Waals surface area (Å²) in [7, 11) is 0. The summed E-state index contributed by atoms with van der Waals surface area (Å²) in [5.41, 5.74) is 2.29. The van der Waals surface area contributed by atoms with Gasteiger partial charge in [0.25, 0.3) is 0 Å². The lowest BCUT2D eigenvalue weighted by molar-refractivity contribution is 0.314. The van der Waals surface area contributed by atoms with Crippen molar-refractivity contribution in [2.24, 2.45) is 0 Å². The molecule has 3 aromatic carbocycles. The smallest absolute Gasteiger partial charge is 0.201 e. The summed E-state index contributed by atoms with van der Waals surface area (Å²) in [5, 5.41) is 1.07. The van der Waals surface area contributed by atoms with Crippen LogP contribution in [-0.4, -0.2) is 6.61 Å². The molecule has 0 unspecified atom stereocenters. The number of benzene rings is 3. The van der Waals surface area contributed by atoms with Gasteiger partial charge in [0.1, 0.15) is 0 Å². The second-order valence-corrected chi connectivity index (χ2v) is 6.22. The minimum atomic E-state index is -1.00. The van der Waals surface area contributed by atoms with Gasteiger partial charge in [-0.3, -0.25) is 0 Å². The molecule has 0 atom stereocenters. The van der Waals surface area contributed by atoms with Crippen molar-refractivity contribution in [3.8, 4) is 28.0 Å². The maximum atomic E-state index is 14.4. The molecule has 1 nitrogen and oxygen atoms in total. The highest BCUT2D eigenvalue weighted by Crippen LogP contribution is 2.35. The SMILES string of the molecule is CCOc1ccc(-c2ccc(-c3ccc(Cl)cc3)c(Cl)c2)c(F)c1F. The molecule has 0 aliphatic rings. The number of ether oxygens (including phenoxy) is 1. The van der Waals surface area contributed by atoms with E-state index in [1.54, 1.807) is 37.3 Å². The third-order valence-electron chi connectivity index (χ3n) is 3.78. The first kappa shape index (κ1) is 17.7. The van der Waals surface area contributed by atoms with E-state index in [1.807, 2.05) is 12.1 Å². The first-order valence-corrected chi connectivity index (χ1v) is 8.43. The average Bonchev–Trinajstić information content (AvgIpc) is 2.60. The number of hydrogen-bond acceptors (Lipinski definition) is 1. The molecule has 25 heavy (non-hydrogen) atoms. The standard InChI is InChI=1S/C20H14Cl2F2O/c1-2-25-18-10-9-16(19(23)20(18)24)13-5-8-15(17(22)11-13)12-3-6-14(21)7-4-12/h3-11H,2H2,1H3. The molecular formula is C20H14Cl2F2O. The summed E-state index contributed by atoms with van der Waals surface area (Å²) in [6.07, 6.45) is 0. The van der Waals surface area contributed by atoms with Crippen LogP contribution >= 0.6 is 23.2 Å². The van der Waals surface area contributed by atoms with Crippen LogP contribution in [0.1, 0.15) is 6.92 Å². The molecule has 3 rings (SSSR count). The van der Waals surface area contributed by atoms with Crippen LogP contribution in [0.25, 0.3) is 22.3 Å². The summed E-state index contributed by atoms with van der Waals surface area (Å²) in [6.45, 7) is 1.97. The molecule has 0 heterocycles. The van der Waals surface area contributed by atoms with Gasteiger partial charge in [-0.05, 0) is 48.4 Å². The molecule has 0 amide bonds.